The van der Waals surface area contributed by atoms with Crippen LogP contribution in [0.4, 0.5) is 11.4 Å². The number of para-hydroxylation sites is 2. The van der Waals surface area contributed by atoms with Crippen LogP contribution in [0.2, 0.25) is 0 Å². The van der Waals surface area contributed by atoms with Crippen molar-refractivity contribution in [3.8, 4) is 0 Å². The predicted octanol–water partition coefficient (Wildman–Crippen LogP) is 4.19. The van der Waals surface area contributed by atoms with Gasteiger partial charge < -0.3 is 24.5 Å². The standard InChI is InChI=1S/C35H41N3O5/c1-6-34-17-11-19-36(25-15-8-7-9-16-25)31(40)27(34)28-32(41)38(26(21-39)22(2)3)30-33(42)37(20-12-18-35(28,30)43-34)29-23(4)13-10-14-24(29)5/h7-18,22,26-28,30,39H,6,19-21H2,1-5H3/t26-,27+,28-,30?,34-,35-/m0/s1. The van der Waals surface area contributed by atoms with Crippen LogP contribution in [0.5, 0.6) is 0 Å². The number of carbonyl (C=O) groups is 3. The zero-order valence-electron chi connectivity index (χ0n) is 25.6. The predicted molar refractivity (Wildman–Crippen MR) is 166 cm³/mol. The molecule has 8 nitrogen and oxygen atoms in total. The number of likely N-dealkylation sites (tertiary alicyclic amines) is 1. The largest absolute Gasteiger partial charge is 0.394 e. The number of nitrogens with zero attached hydrogens (tertiary/aromatic N) is 3. The first-order chi connectivity index (χ1) is 20.6. The molecule has 6 atom stereocenters. The van der Waals surface area contributed by atoms with E-state index in [4.69, 9.17) is 4.74 Å². The molecule has 43 heavy (non-hydrogen) atoms. The summed E-state index contributed by atoms with van der Waals surface area (Å²) in [4.78, 5) is 49.4. The number of aliphatic hydroxyl groups excluding tert-OH is 1. The van der Waals surface area contributed by atoms with E-state index in [1.807, 2.05) is 107 Å². The SMILES string of the molecule is CC[C@]12C=CCN(c3ccccc3)C(=O)[C@H]1[C@H]1C(=O)N([C@@H](CO)C(C)C)C3C(=O)N(c4c(C)cccc4C)CC=C[C@@]31O2. The third kappa shape index (κ3) is 4.21. The average Bonchev–Trinajstić information content (AvgIpc) is 3.27. The molecule has 8 heteroatoms. The number of carbonyl (C=O) groups excluding carboxylic acids is 3. The van der Waals surface area contributed by atoms with Gasteiger partial charge in [-0.15, -0.1) is 0 Å². The Morgan fingerprint density at radius 1 is 0.860 bits per heavy atom. The Bertz CT molecular complexity index is 1480. The van der Waals surface area contributed by atoms with Crippen LogP contribution in [0, 0.1) is 31.6 Å². The van der Waals surface area contributed by atoms with Gasteiger partial charge in [-0.1, -0.05) is 81.5 Å². The van der Waals surface area contributed by atoms with Crippen molar-refractivity contribution in [1.29, 1.82) is 0 Å². The molecule has 0 aromatic heterocycles. The van der Waals surface area contributed by atoms with Crippen LogP contribution in [0.1, 0.15) is 38.3 Å². The molecular formula is C35H41N3O5. The molecule has 0 saturated carbocycles. The minimum absolute atomic E-state index is 0.139. The number of aryl methyl sites for hydroxylation is 2. The molecule has 0 aliphatic carbocycles. The van der Waals surface area contributed by atoms with E-state index in [0.29, 0.717) is 19.5 Å². The van der Waals surface area contributed by atoms with Crippen LogP contribution in [0.25, 0.3) is 0 Å². The van der Waals surface area contributed by atoms with Gasteiger partial charge in [0, 0.05) is 24.5 Å². The molecule has 2 aromatic rings. The molecule has 0 bridgehead atoms. The Kier molecular flexibility index (Phi) is 7.33. The normalized spacial score (nSPS) is 30.8. The molecule has 1 spiro atoms. The zero-order chi connectivity index (χ0) is 30.7. The smallest absolute Gasteiger partial charge is 0.253 e. The maximum Gasteiger partial charge on any atom is 0.253 e. The fourth-order valence-electron chi connectivity index (χ4n) is 7.95. The molecule has 2 aromatic carbocycles. The molecule has 2 fully saturated rings. The summed E-state index contributed by atoms with van der Waals surface area (Å²) in [5.74, 6) is -2.72. The second-order valence-electron chi connectivity index (χ2n) is 12.6. The highest BCUT2D eigenvalue weighted by atomic mass is 16.5. The maximum absolute atomic E-state index is 14.9. The van der Waals surface area contributed by atoms with Gasteiger partial charge in [0.25, 0.3) is 5.91 Å². The van der Waals surface area contributed by atoms with Crippen molar-refractivity contribution in [3.05, 3.63) is 84.0 Å². The lowest BCUT2D eigenvalue weighted by Crippen LogP contribution is -2.60. The molecule has 226 valence electrons. The summed E-state index contributed by atoms with van der Waals surface area (Å²) in [6.07, 6.45) is 8.13. The summed E-state index contributed by atoms with van der Waals surface area (Å²) in [6, 6.07) is 13.7. The molecular weight excluding hydrogens is 542 g/mol. The number of hydrogen-bond acceptors (Lipinski definition) is 5. The van der Waals surface area contributed by atoms with Gasteiger partial charge in [0.15, 0.2) is 0 Å². The minimum Gasteiger partial charge on any atom is -0.394 e. The highest BCUT2D eigenvalue weighted by Gasteiger charge is 2.76. The van der Waals surface area contributed by atoms with Crippen LogP contribution in [0.3, 0.4) is 0 Å². The second kappa shape index (κ2) is 10.8. The van der Waals surface area contributed by atoms with Crippen LogP contribution < -0.4 is 9.80 Å². The van der Waals surface area contributed by atoms with E-state index >= 15 is 0 Å². The van der Waals surface area contributed by atoms with Gasteiger partial charge >= 0.3 is 0 Å². The number of anilines is 2. The minimum atomic E-state index is -1.39. The highest BCUT2D eigenvalue weighted by Crippen LogP contribution is 2.59. The van der Waals surface area contributed by atoms with E-state index < -0.39 is 35.1 Å². The molecule has 1 unspecified atom stereocenters. The molecule has 3 amide bonds. The highest BCUT2D eigenvalue weighted by molar-refractivity contribution is 6.08. The first-order valence-corrected chi connectivity index (χ1v) is 15.3. The third-order valence-corrected chi connectivity index (χ3v) is 9.97. The summed E-state index contributed by atoms with van der Waals surface area (Å²) >= 11 is 0. The van der Waals surface area contributed by atoms with E-state index in [1.165, 1.54) is 0 Å². The quantitative estimate of drug-likeness (QED) is 0.516. The summed E-state index contributed by atoms with van der Waals surface area (Å²) < 4.78 is 7.11. The second-order valence-corrected chi connectivity index (χ2v) is 12.6. The summed E-state index contributed by atoms with van der Waals surface area (Å²) in [5, 5.41) is 10.6. The molecule has 0 radical (unpaired) electrons. The lowest BCUT2D eigenvalue weighted by molar-refractivity contribution is -0.150. The Morgan fingerprint density at radius 3 is 2.14 bits per heavy atom. The fraction of sp³-hybridized carbons (Fsp3) is 0.457. The van der Waals surface area contributed by atoms with E-state index in [1.54, 1.807) is 14.7 Å². The molecule has 4 heterocycles. The van der Waals surface area contributed by atoms with Crippen LogP contribution in [0.15, 0.2) is 72.8 Å². The van der Waals surface area contributed by atoms with Crippen molar-refractivity contribution in [2.24, 2.45) is 17.8 Å². The van der Waals surface area contributed by atoms with Crippen LogP contribution in [-0.2, 0) is 19.1 Å². The van der Waals surface area contributed by atoms with Gasteiger partial charge in [-0.3, -0.25) is 14.4 Å². The van der Waals surface area contributed by atoms with Crippen molar-refractivity contribution in [3.63, 3.8) is 0 Å². The van der Waals surface area contributed by atoms with E-state index in [-0.39, 0.29) is 30.2 Å². The Hall–Kier alpha value is -3.75. The van der Waals surface area contributed by atoms with Crippen molar-refractivity contribution in [2.45, 2.75) is 64.3 Å². The van der Waals surface area contributed by atoms with Gasteiger partial charge in [-0.25, -0.2) is 0 Å². The number of aliphatic hydroxyl groups is 1. The zero-order valence-corrected chi connectivity index (χ0v) is 25.6. The molecule has 2 saturated heterocycles. The van der Waals surface area contributed by atoms with Crippen molar-refractivity contribution < 1.29 is 24.2 Å². The lowest BCUT2D eigenvalue weighted by atomic mass is 9.73. The first-order valence-electron chi connectivity index (χ1n) is 15.3. The fourth-order valence-corrected chi connectivity index (χ4v) is 7.95. The van der Waals surface area contributed by atoms with Crippen molar-refractivity contribution in [2.75, 3.05) is 29.5 Å². The van der Waals surface area contributed by atoms with Crippen LogP contribution >= 0.6 is 0 Å². The van der Waals surface area contributed by atoms with E-state index in [9.17, 15) is 19.5 Å². The number of hydrogen-bond donors (Lipinski definition) is 1. The number of benzene rings is 2. The molecule has 4 aliphatic rings. The molecule has 6 rings (SSSR count). The molecule has 4 aliphatic heterocycles. The van der Waals surface area contributed by atoms with Gasteiger partial charge in [-0.2, -0.15) is 0 Å². The number of ether oxygens (including phenoxy) is 1. The monoisotopic (exact) mass is 583 g/mol. The average molecular weight is 584 g/mol. The van der Waals surface area contributed by atoms with Crippen molar-refractivity contribution >= 4 is 29.1 Å². The topological polar surface area (TPSA) is 90.4 Å². The van der Waals surface area contributed by atoms with Gasteiger partial charge in [0.1, 0.15) is 11.6 Å². The van der Waals surface area contributed by atoms with Crippen molar-refractivity contribution in [1.82, 2.24) is 4.90 Å². The Morgan fingerprint density at radius 2 is 1.51 bits per heavy atom. The summed E-state index contributed by atoms with van der Waals surface area (Å²) in [6.45, 7) is 10.1. The number of amides is 3. The van der Waals surface area contributed by atoms with E-state index in [0.717, 1.165) is 22.5 Å². The van der Waals surface area contributed by atoms with Gasteiger partial charge in [0.05, 0.1) is 30.1 Å². The number of rotatable bonds is 6. The maximum atomic E-state index is 14.9. The van der Waals surface area contributed by atoms with Crippen LogP contribution in [-0.4, -0.2) is 70.7 Å². The third-order valence-electron chi connectivity index (χ3n) is 9.97. The number of fused-ring (bicyclic) bond motifs is 2. The first kappa shape index (κ1) is 29.3. The Labute approximate surface area is 253 Å². The Balaban J connectivity index is 1.55. The van der Waals surface area contributed by atoms with Gasteiger partial charge in [-0.05, 0) is 49.4 Å². The molecule has 1 N–H and O–H groups in total. The summed E-state index contributed by atoms with van der Waals surface area (Å²) in [7, 11) is 0. The lowest BCUT2D eigenvalue weighted by Gasteiger charge is -2.42. The van der Waals surface area contributed by atoms with E-state index in [2.05, 4.69) is 0 Å². The van der Waals surface area contributed by atoms with Gasteiger partial charge in [0.2, 0.25) is 11.8 Å². The summed E-state index contributed by atoms with van der Waals surface area (Å²) in [5.41, 5.74) is 0.990.